The predicted molar refractivity (Wildman–Crippen MR) is 75.9 cm³/mol. The van der Waals surface area contributed by atoms with E-state index in [1.807, 2.05) is 6.26 Å². The molecule has 0 aliphatic rings. The summed E-state index contributed by atoms with van der Waals surface area (Å²) in [5.41, 5.74) is 0.655. The highest BCUT2D eigenvalue weighted by atomic mass is 79.9. The molecule has 0 fully saturated rings. The van der Waals surface area contributed by atoms with Crippen LogP contribution in [0.4, 0.5) is 4.39 Å². The summed E-state index contributed by atoms with van der Waals surface area (Å²) in [6.07, 6.45) is 3.51. The fourth-order valence-electron chi connectivity index (χ4n) is 1.55. The molecule has 0 amide bonds. The number of rotatable bonds is 4. The van der Waals surface area contributed by atoms with Crippen LogP contribution in [0.3, 0.4) is 0 Å². The number of benzene rings is 1. The van der Waals surface area contributed by atoms with Crippen LogP contribution in [0, 0.1) is 5.82 Å². The summed E-state index contributed by atoms with van der Waals surface area (Å²) in [6.45, 7) is 0. The van der Waals surface area contributed by atoms with E-state index in [2.05, 4.69) is 25.9 Å². The third kappa shape index (κ3) is 3.39. The molecule has 0 aliphatic carbocycles. The number of hydrogen-bond acceptors (Lipinski definition) is 4. The van der Waals surface area contributed by atoms with Crippen LogP contribution in [0.25, 0.3) is 0 Å². The highest BCUT2D eigenvalue weighted by Crippen LogP contribution is 2.20. The number of aromatic nitrogens is 2. The minimum atomic E-state index is -0.536. The zero-order valence-corrected chi connectivity index (χ0v) is 12.5. The van der Waals surface area contributed by atoms with Gasteiger partial charge in [0, 0.05) is 6.20 Å². The number of halogens is 2. The summed E-state index contributed by atoms with van der Waals surface area (Å²) >= 11 is 4.46. The lowest BCUT2D eigenvalue weighted by Crippen LogP contribution is -2.08. The van der Waals surface area contributed by atoms with E-state index < -0.39 is 5.82 Å². The molecule has 98 valence electrons. The van der Waals surface area contributed by atoms with Crippen LogP contribution in [0.15, 0.2) is 40.1 Å². The minimum Gasteiger partial charge on any atom is -0.294 e. The van der Waals surface area contributed by atoms with E-state index in [0.29, 0.717) is 10.9 Å². The fraction of sp³-hybridized carbons (Fsp3) is 0.154. The molecule has 0 radical (unpaired) electrons. The van der Waals surface area contributed by atoms with Gasteiger partial charge in [0.2, 0.25) is 0 Å². The van der Waals surface area contributed by atoms with Crippen molar-refractivity contribution < 1.29 is 9.18 Å². The summed E-state index contributed by atoms with van der Waals surface area (Å²) in [7, 11) is 0. The van der Waals surface area contributed by atoms with Crippen molar-refractivity contribution in [3.8, 4) is 0 Å². The monoisotopic (exact) mass is 340 g/mol. The van der Waals surface area contributed by atoms with Gasteiger partial charge in [-0.15, -0.1) is 0 Å². The number of ketones is 1. The molecule has 0 saturated heterocycles. The molecule has 0 atom stereocenters. The van der Waals surface area contributed by atoms with Crippen LogP contribution >= 0.6 is 27.7 Å². The number of Topliss-reactive ketones (excluding diaryl/α,β-unsaturated/α-hetero) is 1. The molecule has 0 saturated carbocycles. The van der Waals surface area contributed by atoms with Gasteiger partial charge in [-0.2, -0.15) is 0 Å². The normalized spacial score (nSPS) is 10.5. The van der Waals surface area contributed by atoms with Gasteiger partial charge in [0.1, 0.15) is 5.82 Å². The van der Waals surface area contributed by atoms with Gasteiger partial charge in [0.15, 0.2) is 10.9 Å². The average Bonchev–Trinajstić information content (AvgIpc) is 2.42. The molecule has 19 heavy (non-hydrogen) atoms. The summed E-state index contributed by atoms with van der Waals surface area (Å²) in [6, 6.07) is 6.32. The van der Waals surface area contributed by atoms with E-state index in [-0.39, 0.29) is 22.2 Å². The van der Waals surface area contributed by atoms with E-state index in [1.54, 1.807) is 24.4 Å². The maximum Gasteiger partial charge on any atom is 0.187 e. The number of nitrogens with zero attached hydrogens (tertiary/aromatic N) is 2. The Hall–Kier alpha value is -1.27. The van der Waals surface area contributed by atoms with Gasteiger partial charge in [-0.25, -0.2) is 14.4 Å². The maximum atomic E-state index is 13.8. The molecule has 0 spiro atoms. The van der Waals surface area contributed by atoms with Gasteiger partial charge >= 0.3 is 0 Å². The predicted octanol–water partition coefficient (Wildman–Crippen LogP) is 3.53. The fourth-order valence-corrected chi connectivity index (χ4v) is 2.29. The smallest absolute Gasteiger partial charge is 0.187 e. The number of carbonyl (C=O) groups excluding carboxylic acids is 1. The summed E-state index contributed by atoms with van der Waals surface area (Å²) < 4.78 is 14.1. The van der Waals surface area contributed by atoms with E-state index in [0.717, 1.165) is 0 Å². The van der Waals surface area contributed by atoms with E-state index in [9.17, 15) is 9.18 Å². The van der Waals surface area contributed by atoms with Crippen LogP contribution < -0.4 is 0 Å². The molecular formula is C13H10BrFN2OS. The first-order valence-corrected chi connectivity index (χ1v) is 7.46. The minimum absolute atomic E-state index is 0.0590. The van der Waals surface area contributed by atoms with Crippen LogP contribution in [0.2, 0.25) is 0 Å². The number of hydrogen-bond donors (Lipinski definition) is 0. The number of thioether (sulfide) groups is 1. The summed E-state index contributed by atoms with van der Waals surface area (Å²) in [5, 5.41) is 0.597. The first-order valence-electron chi connectivity index (χ1n) is 5.45. The molecule has 0 bridgehead atoms. The molecule has 0 N–H and O–H groups in total. The van der Waals surface area contributed by atoms with Gasteiger partial charge in [-0.3, -0.25) is 4.79 Å². The van der Waals surface area contributed by atoms with E-state index in [1.165, 1.54) is 17.8 Å². The second-order valence-corrected chi connectivity index (χ2v) is 5.36. The van der Waals surface area contributed by atoms with Gasteiger partial charge < -0.3 is 0 Å². The Bertz CT molecular complexity index is 621. The average molecular weight is 341 g/mol. The standard InChI is InChI=1S/C13H10BrFN2OS/c1-19-13-16-6-5-8(17-13)7-11(18)9-3-2-4-10(14)12(9)15/h2-6H,7H2,1H3. The zero-order valence-electron chi connectivity index (χ0n) is 10.1. The molecule has 1 aromatic heterocycles. The van der Waals surface area contributed by atoms with Crippen LogP contribution in [0.5, 0.6) is 0 Å². The molecule has 0 unspecified atom stereocenters. The molecule has 1 heterocycles. The van der Waals surface area contributed by atoms with Gasteiger partial charge in [0.05, 0.1) is 22.2 Å². The van der Waals surface area contributed by atoms with Crippen LogP contribution in [-0.2, 0) is 6.42 Å². The van der Waals surface area contributed by atoms with Crippen molar-refractivity contribution in [2.75, 3.05) is 6.26 Å². The molecule has 1 aromatic carbocycles. The quantitative estimate of drug-likeness (QED) is 0.485. The SMILES string of the molecule is CSc1nccc(CC(=O)c2cccc(Br)c2F)n1. The van der Waals surface area contributed by atoms with Crippen molar-refractivity contribution in [1.29, 1.82) is 0 Å². The Morgan fingerprint density at radius 1 is 1.42 bits per heavy atom. The highest BCUT2D eigenvalue weighted by molar-refractivity contribution is 9.10. The van der Waals surface area contributed by atoms with Gasteiger partial charge in [0.25, 0.3) is 0 Å². The summed E-state index contributed by atoms with van der Waals surface area (Å²) in [5.74, 6) is -0.837. The zero-order chi connectivity index (χ0) is 13.8. The molecule has 6 heteroatoms. The van der Waals surface area contributed by atoms with Crippen molar-refractivity contribution in [3.63, 3.8) is 0 Å². The van der Waals surface area contributed by atoms with Crippen molar-refractivity contribution >= 4 is 33.5 Å². The Kier molecular flexibility index (Phi) is 4.66. The van der Waals surface area contributed by atoms with Crippen molar-refractivity contribution in [2.24, 2.45) is 0 Å². The van der Waals surface area contributed by atoms with Crippen molar-refractivity contribution in [3.05, 3.63) is 52.0 Å². The van der Waals surface area contributed by atoms with Crippen molar-refractivity contribution in [1.82, 2.24) is 9.97 Å². The van der Waals surface area contributed by atoms with Gasteiger partial charge in [-0.1, -0.05) is 17.8 Å². The molecule has 2 aromatic rings. The Morgan fingerprint density at radius 3 is 2.95 bits per heavy atom. The van der Waals surface area contributed by atoms with Gasteiger partial charge in [-0.05, 0) is 40.4 Å². The lowest BCUT2D eigenvalue weighted by Gasteiger charge is -2.04. The lowest BCUT2D eigenvalue weighted by atomic mass is 10.1. The van der Waals surface area contributed by atoms with E-state index >= 15 is 0 Å². The lowest BCUT2D eigenvalue weighted by molar-refractivity contribution is 0.0987. The first kappa shape index (κ1) is 14.1. The Labute approximate surface area is 122 Å². The van der Waals surface area contributed by atoms with Crippen LogP contribution in [-0.4, -0.2) is 22.0 Å². The molecular weight excluding hydrogens is 331 g/mol. The van der Waals surface area contributed by atoms with E-state index in [4.69, 9.17) is 0 Å². The largest absolute Gasteiger partial charge is 0.294 e. The molecule has 0 aliphatic heterocycles. The topological polar surface area (TPSA) is 42.9 Å². The summed E-state index contributed by atoms with van der Waals surface area (Å²) in [4.78, 5) is 20.3. The van der Waals surface area contributed by atoms with Crippen molar-refractivity contribution in [2.45, 2.75) is 11.6 Å². The third-order valence-electron chi connectivity index (χ3n) is 2.47. The molecule has 3 nitrogen and oxygen atoms in total. The second kappa shape index (κ2) is 6.25. The molecule has 2 rings (SSSR count). The number of carbonyl (C=O) groups is 1. The third-order valence-corrected chi connectivity index (χ3v) is 3.64. The highest BCUT2D eigenvalue weighted by Gasteiger charge is 2.15. The first-order chi connectivity index (χ1) is 9.11. The maximum absolute atomic E-state index is 13.8. The van der Waals surface area contributed by atoms with Crippen LogP contribution in [0.1, 0.15) is 16.1 Å². The Morgan fingerprint density at radius 2 is 2.21 bits per heavy atom. The second-order valence-electron chi connectivity index (χ2n) is 3.74. The Balaban J connectivity index is 2.23.